The van der Waals surface area contributed by atoms with Gasteiger partial charge in [0.25, 0.3) is 5.91 Å². The van der Waals surface area contributed by atoms with Crippen LogP contribution in [0.1, 0.15) is 22.8 Å². The highest BCUT2D eigenvalue weighted by molar-refractivity contribution is 6.04. The zero-order valence-corrected chi connectivity index (χ0v) is 15.0. The van der Waals surface area contributed by atoms with Crippen LogP contribution in [0.4, 0.5) is 17.1 Å². The van der Waals surface area contributed by atoms with Gasteiger partial charge in [0.2, 0.25) is 0 Å². The Morgan fingerprint density at radius 2 is 1.88 bits per heavy atom. The zero-order valence-electron chi connectivity index (χ0n) is 15.0. The summed E-state index contributed by atoms with van der Waals surface area (Å²) in [6.45, 7) is 9.33. The second-order valence-corrected chi connectivity index (χ2v) is 6.52. The number of carbonyl (C=O) groups excluding carboxylic acids is 1. The fourth-order valence-corrected chi connectivity index (χ4v) is 3.21. The number of hydrogen-bond acceptors (Lipinski definition) is 4. The fraction of sp³-hybridized carbons (Fsp3) is 0.350. The standard InChI is InChI=1S/C20H26N4O/c1-3-23-9-11-24(12-10-23)19-8-7-17(14-18(19)21)22-20(25)16-6-4-5-15(2)13-16/h4-8,13-14H,3,9-12,21H2,1-2H3,(H,22,25). The van der Waals surface area contributed by atoms with Gasteiger partial charge in [-0.3, -0.25) is 4.79 Å². The molecule has 2 aromatic carbocycles. The Balaban J connectivity index is 1.69. The predicted octanol–water partition coefficient (Wildman–Crippen LogP) is 2.97. The molecule has 1 saturated heterocycles. The van der Waals surface area contributed by atoms with Gasteiger partial charge < -0.3 is 20.9 Å². The van der Waals surface area contributed by atoms with Crippen LogP contribution in [0.15, 0.2) is 42.5 Å². The Kier molecular flexibility index (Phi) is 5.24. The Labute approximate surface area is 149 Å². The molecule has 0 aromatic heterocycles. The molecular formula is C20H26N4O. The quantitative estimate of drug-likeness (QED) is 0.842. The highest BCUT2D eigenvalue weighted by atomic mass is 16.1. The van der Waals surface area contributed by atoms with Gasteiger partial charge in [0.15, 0.2) is 0 Å². The molecular weight excluding hydrogens is 312 g/mol. The maximum absolute atomic E-state index is 12.4. The summed E-state index contributed by atoms with van der Waals surface area (Å²) in [4.78, 5) is 17.1. The van der Waals surface area contributed by atoms with Gasteiger partial charge in [-0.05, 0) is 43.8 Å². The number of likely N-dealkylation sites (N-methyl/N-ethyl adjacent to an activating group) is 1. The Bertz CT molecular complexity index is 751. The zero-order chi connectivity index (χ0) is 17.8. The number of anilines is 3. The first-order chi connectivity index (χ1) is 12.1. The number of amides is 1. The van der Waals surface area contributed by atoms with Crippen molar-refractivity contribution in [3.8, 4) is 0 Å². The molecule has 5 nitrogen and oxygen atoms in total. The van der Waals surface area contributed by atoms with Gasteiger partial charge in [-0.2, -0.15) is 0 Å². The third-order valence-corrected chi connectivity index (χ3v) is 4.73. The van der Waals surface area contributed by atoms with Gasteiger partial charge in [0, 0.05) is 37.4 Å². The first kappa shape index (κ1) is 17.3. The van der Waals surface area contributed by atoms with Gasteiger partial charge in [-0.15, -0.1) is 0 Å². The molecule has 25 heavy (non-hydrogen) atoms. The van der Waals surface area contributed by atoms with Crippen LogP contribution < -0.4 is 16.0 Å². The van der Waals surface area contributed by atoms with Crippen molar-refractivity contribution in [3.63, 3.8) is 0 Å². The minimum absolute atomic E-state index is 0.118. The molecule has 3 rings (SSSR count). The van der Waals surface area contributed by atoms with Crippen molar-refractivity contribution in [3.05, 3.63) is 53.6 Å². The molecule has 1 fully saturated rings. The van der Waals surface area contributed by atoms with Gasteiger partial charge >= 0.3 is 0 Å². The van der Waals surface area contributed by atoms with E-state index in [-0.39, 0.29) is 5.91 Å². The summed E-state index contributed by atoms with van der Waals surface area (Å²) in [5.74, 6) is -0.118. The number of hydrogen-bond donors (Lipinski definition) is 2. The van der Waals surface area contributed by atoms with E-state index in [1.54, 1.807) is 0 Å². The van der Waals surface area contributed by atoms with Crippen molar-refractivity contribution in [1.29, 1.82) is 0 Å². The van der Waals surface area contributed by atoms with Crippen LogP contribution in [0.2, 0.25) is 0 Å². The van der Waals surface area contributed by atoms with Crippen LogP contribution in [-0.2, 0) is 0 Å². The fourth-order valence-electron chi connectivity index (χ4n) is 3.21. The Hall–Kier alpha value is -2.53. The van der Waals surface area contributed by atoms with E-state index >= 15 is 0 Å². The van der Waals surface area contributed by atoms with Gasteiger partial charge in [0.1, 0.15) is 0 Å². The van der Waals surface area contributed by atoms with E-state index in [4.69, 9.17) is 5.73 Å². The summed E-state index contributed by atoms with van der Waals surface area (Å²) in [7, 11) is 0. The molecule has 5 heteroatoms. The topological polar surface area (TPSA) is 61.6 Å². The van der Waals surface area contributed by atoms with Crippen LogP contribution in [0.3, 0.4) is 0 Å². The van der Waals surface area contributed by atoms with Crippen LogP contribution in [0, 0.1) is 6.92 Å². The van der Waals surface area contributed by atoms with Crippen LogP contribution in [0.25, 0.3) is 0 Å². The molecule has 0 unspecified atom stereocenters. The van der Waals surface area contributed by atoms with Crippen LogP contribution in [0.5, 0.6) is 0 Å². The van der Waals surface area contributed by atoms with Gasteiger partial charge in [-0.25, -0.2) is 0 Å². The van der Waals surface area contributed by atoms with Crippen molar-refractivity contribution in [1.82, 2.24) is 4.90 Å². The maximum atomic E-state index is 12.4. The number of nitrogen functional groups attached to an aromatic ring is 1. The number of benzene rings is 2. The Morgan fingerprint density at radius 1 is 1.12 bits per heavy atom. The van der Waals surface area contributed by atoms with E-state index in [0.717, 1.165) is 49.7 Å². The third kappa shape index (κ3) is 4.12. The lowest BCUT2D eigenvalue weighted by molar-refractivity contribution is 0.102. The molecule has 0 saturated carbocycles. The average Bonchev–Trinajstić information content (AvgIpc) is 2.62. The SMILES string of the molecule is CCN1CCN(c2ccc(NC(=O)c3cccc(C)c3)cc2N)CC1. The normalized spacial score (nSPS) is 15.2. The molecule has 1 aliphatic heterocycles. The smallest absolute Gasteiger partial charge is 0.255 e. The number of piperazine rings is 1. The lowest BCUT2D eigenvalue weighted by Crippen LogP contribution is -2.46. The minimum atomic E-state index is -0.118. The lowest BCUT2D eigenvalue weighted by Gasteiger charge is -2.36. The Morgan fingerprint density at radius 3 is 2.52 bits per heavy atom. The van der Waals surface area contributed by atoms with E-state index < -0.39 is 0 Å². The lowest BCUT2D eigenvalue weighted by atomic mass is 10.1. The molecule has 2 aromatic rings. The maximum Gasteiger partial charge on any atom is 0.255 e. The van der Waals surface area contributed by atoms with Crippen LogP contribution >= 0.6 is 0 Å². The molecule has 1 aliphatic rings. The summed E-state index contributed by atoms with van der Waals surface area (Å²) in [5.41, 5.74) is 10.4. The first-order valence-corrected chi connectivity index (χ1v) is 8.81. The molecule has 3 N–H and O–H groups in total. The molecule has 1 amide bonds. The molecule has 0 aliphatic carbocycles. The van der Waals surface area contributed by atoms with Crippen molar-refractivity contribution in [2.45, 2.75) is 13.8 Å². The summed E-state index contributed by atoms with van der Waals surface area (Å²) in [6.07, 6.45) is 0. The second-order valence-electron chi connectivity index (χ2n) is 6.52. The number of aryl methyl sites for hydroxylation is 1. The highest BCUT2D eigenvalue weighted by Crippen LogP contribution is 2.27. The largest absolute Gasteiger partial charge is 0.397 e. The third-order valence-electron chi connectivity index (χ3n) is 4.73. The monoisotopic (exact) mass is 338 g/mol. The van der Waals surface area contributed by atoms with E-state index in [1.165, 1.54) is 0 Å². The summed E-state index contributed by atoms with van der Waals surface area (Å²) in [6, 6.07) is 13.3. The van der Waals surface area contributed by atoms with Crippen molar-refractivity contribution in [2.24, 2.45) is 0 Å². The predicted molar refractivity (Wildman–Crippen MR) is 104 cm³/mol. The average molecular weight is 338 g/mol. The van der Waals surface area contributed by atoms with Gasteiger partial charge in [-0.1, -0.05) is 24.6 Å². The highest BCUT2D eigenvalue weighted by Gasteiger charge is 2.18. The number of nitrogens with two attached hydrogens (primary N) is 1. The first-order valence-electron chi connectivity index (χ1n) is 8.81. The van der Waals surface area contributed by atoms with Crippen molar-refractivity contribution >= 4 is 23.0 Å². The molecule has 0 atom stereocenters. The molecule has 0 bridgehead atoms. The summed E-state index contributed by atoms with van der Waals surface area (Å²) >= 11 is 0. The van der Waals surface area contributed by atoms with Crippen LogP contribution in [-0.4, -0.2) is 43.5 Å². The van der Waals surface area contributed by atoms with E-state index in [9.17, 15) is 4.79 Å². The second kappa shape index (κ2) is 7.57. The number of nitrogens with one attached hydrogen (secondary N) is 1. The molecule has 1 heterocycles. The van der Waals surface area contributed by atoms with E-state index in [1.807, 2.05) is 49.4 Å². The van der Waals surface area contributed by atoms with Crippen molar-refractivity contribution in [2.75, 3.05) is 48.7 Å². The summed E-state index contributed by atoms with van der Waals surface area (Å²) < 4.78 is 0. The molecule has 0 spiro atoms. The van der Waals surface area contributed by atoms with E-state index in [0.29, 0.717) is 11.3 Å². The molecule has 0 radical (unpaired) electrons. The number of nitrogens with zero attached hydrogens (tertiary/aromatic N) is 2. The molecule has 132 valence electrons. The summed E-state index contributed by atoms with van der Waals surface area (Å²) in [5, 5.41) is 2.93. The van der Waals surface area contributed by atoms with Gasteiger partial charge in [0.05, 0.1) is 11.4 Å². The number of rotatable bonds is 4. The van der Waals surface area contributed by atoms with E-state index in [2.05, 4.69) is 22.0 Å². The van der Waals surface area contributed by atoms with Crippen molar-refractivity contribution < 1.29 is 4.79 Å². The minimum Gasteiger partial charge on any atom is -0.397 e. The number of carbonyl (C=O) groups is 1.